The molecule has 2 nitrogen and oxygen atoms in total. The van der Waals surface area contributed by atoms with Crippen molar-refractivity contribution in [3.05, 3.63) is 70.8 Å². The minimum atomic E-state index is -2.47. The number of rotatable bonds is 6. The van der Waals surface area contributed by atoms with Gasteiger partial charge in [-0.25, -0.2) is 8.78 Å². The van der Waals surface area contributed by atoms with Crippen molar-refractivity contribution in [2.75, 3.05) is 0 Å². The molecule has 0 amide bonds. The molecule has 1 saturated carbocycles. The summed E-state index contributed by atoms with van der Waals surface area (Å²) in [6.07, 6.45) is 5.62. The van der Waals surface area contributed by atoms with Crippen molar-refractivity contribution in [2.24, 2.45) is 5.16 Å². The minimum Gasteiger partial charge on any atom is -0.391 e. The molecule has 4 heteroatoms. The van der Waals surface area contributed by atoms with Gasteiger partial charge < -0.3 is 4.84 Å². The summed E-state index contributed by atoms with van der Waals surface area (Å²) in [5.74, 6) is 0.596. The topological polar surface area (TPSA) is 21.6 Å². The molecule has 1 aliphatic rings. The van der Waals surface area contributed by atoms with E-state index in [4.69, 9.17) is 4.84 Å². The molecule has 25 heavy (non-hydrogen) atoms. The van der Waals surface area contributed by atoms with Gasteiger partial charge in [0, 0.05) is 5.56 Å². The van der Waals surface area contributed by atoms with E-state index in [1.807, 2.05) is 12.1 Å². The van der Waals surface area contributed by atoms with Crippen LogP contribution in [0.25, 0.3) is 0 Å². The van der Waals surface area contributed by atoms with Gasteiger partial charge in [-0.1, -0.05) is 66.9 Å². The number of oxime groups is 1. The van der Waals surface area contributed by atoms with E-state index >= 15 is 0 Å². The maximum absolute atomic E-state index is 12.7. The molecule has 0 unspecified atom stereocenters. The Bertz CT molecular complexity index is 709. The van der Waals surface area contributed by atoms with Crippen molar-refractivity contribution in [3.8, 4) is 0 Å². The second-order valence-corrected chi connectivity index (χ2v) is 6.52. The van der Waals surface area contributed by atoms with Crippen LogP contribution in [-0.2, 0) is 11.4 Å². The van der Waals surface area contributed by atoms with Crippen molar-refractivity contribution in [1.29, 1.82) is 0 Å². The summed E-state index contributed by atoms with van der Waals surface area (Å²) in [7, 11) is 0. The summed E-state index contributed by atoms with van der Waals surface area (Å²) >= 11 is 0. The van der Waals surface area contributed by atoms with Gasteiger partial charge in [-0.3, -0.25) is 0 Å². The third-order valence-corrected chi connectivity index (χ3v) is 4.74. The molecule has 3 rings (SSSR count). The Balaban J connectivity index is 1.62. The van der Waals surface area contributed by atoms with Gasteiger partial charge in [-0.05, 0) is 41.5 Å². The Hall–Kier alpha value is -2.23. The first-order valence-electron chi connectivity index (χ1n) is 8.85. The summed E-state index contributed by atoms with van der Waals surface area (Å²) < 4.78 is 25.4. The SMILES string of the molecule is FC(F)c1cccc(CON=Cc2ccccc2C2CCCCC2)c1. The molecule has 0 saturated heterocycles. The molecule has 0 N–H and O–H groups in total. The summed E-state index contributed by atoms with van der Waals surface area (Å²) in [6, 6.07) is 14.5. The van der Waals surface area contributed by atoms with E-state index in [9.17, 15) is 8.78 Å². The molecule has 0 atom stereocenters. The Morgan fingerprint density at radius 3 is 2.64 bits per heavy atom. The van der Waals surface area contributed by atoms with Gasteiger partial charge in [0.05, 0.1) is 6.21 Å². The monoisotopic (exact) mass is 343 g/mol. The molecule has 0 bridgehead atoms. The Morgan fingerprint density at radius 2 is 1.84 bits per heavy atom. The Morgan fingerprint density at radius 1 is 1.04 bits per heavy atom. The van der Waals surface area contributed by atoms with Gasteiger partial charge in [-0.2, -0.15) is 0 Å². The molecule has 0 aliphatic heterocycles. The maximum Gasteiger partial charge on any atom is 0.263 e. The number of hydrogen-bond acceptors (Lipinski definition) is 2. The highest BCUT2D eigenvalue weighted by Gasteiger charge is 2.17. The molecule has 0 aromatic heterocycles. The smallest absolute Gasteiger partial charge is 0.263 e. The predicted molar refractivity (Wildman–Crippen MR) is 96.1 cm³/mol. The number of benzene rings is 2. The summed E-state index contributed by atoms with van der Waals surface area (Å²) in [5, 5.41) is 4.05. The van der Waals surface area contributed by atoms with Crippen LogP contribution < -0.4 is 0 Å². The normalized spacial score (nSPS) is 15.8. The lowest BCUT2D eigenvalue weighted by molar-refractivity contribution is 0.130. The van der Waals surface area contributed by atoms with E-state index in [2.05, 4.69) is 17.3 Å². The van der Waals surface area contributed by atoms with E-state index in [-0.39, 0.29) is 12.2 Å². The molecule has 1 aliphatic carbocycles. The molecule has 2 aromatic carbocycles. The van der Waals surface area contributed by atoms with Crippen LogP contribution >= 0.6 is 0 Å². The van der Waals surface area contributed by atoms with Gasteiger partial charge in [-0.15, -0.1) is 0 Å². The fourth-order valence-corrected chi connectivity index (χ4v) is 3.44. The summed E-state index contributed by atoms with van der Waals surface area (Å²) in [4.78, 5) is 5.33. The first-order chi connectivity index (χ1) is 12.2. The van der Waals surface area contributed by atoms with Gasteiger partial charge >= 0.3 is 0 Å². The molecule has 0 heterocycles. The fraction of sp³-hybridized carbons (Fsp3) is 0.381. The molecular formula is C21H23F2NO. The molecule has 0 radical (unpaired) electrons. The van der Waals surface area contributed by atoms with E-state index in [0.717, 1.165) is 5.56 Å². The second kappa shape index (κ2) is 8.75. The average Bonchev–Trinajstić information content (AvgIpc) is 2.66. The van der Waals surface area contributed by atoms with Crippen LogP contribution in [-0.4, -0.2) is 6.21 Å². The third kappa shape index (κ3) is 4.88. The van der Waals surface area contributed by atoms with Crippen molar-refractivity contribution in [3.63, 3.8) is 0 Å². The largest absolute Gasteiger partial charge is 0.391 e. The van der Waals surface area contributed by atoms with Gasteiger partial charge in [0.15, 0.2) is 0 Å². The van der Waals surface area contributed by atoms with E-state index in [1.54, 1.807) is 18.3 Å². The summed E-state index contributed by atoms with van der Waals surface area (Å²) in [5.41, 5.74) is 3.10. The van der Waals surface area contributed by atoms with Crippen molar-refractivity contribution < 1.29 is 13.6 Å². The van der Waals surface area contributed by atoms with Crippen molar-refractivity contribution in [2.45, 2.75) is 51.1 Å². The first-order valence-corrected chi connectivity index (χ1v) is 8.85. The van der Waals surface area contributed by atoms with E-state index in [0.29, 0.717) is 11.5 Å². The quantitative estimate of drug-likeness (QED) is 0.450. The van der Waals surface area contributed by atoms with Crippen molar-refractivity contribution >= 4 is 6.21 Å². The van der Waals surface area contributed by atoms with Gasteiger partial charge in [0.2, 0.25) is 0 Å². The Kier molecular flexibility index (Phi) is 6.15. The number of hydrogen-bond donors (Lipinski definition) is 0. The van der Waals surface area contributed by atoms with Crippen molar-refractivity contribution in [1.82, 2.24) is 0 Å². The lowest BCUT2D eigenvalue weighted by Crippen LogP contribution is -2.07. The zero-order chi connectivity index (χ0) is 17.5. The van der Waals surface area contributed by atoms with Gasteiger partial charge in [0.1, 0.15) is 6.61 Å². The molecule has 2 aromatic rings. The van der Waals surface area contributed by atoms with Crippen LogP contribution in [0.1, 0.15) is 66.7 Å². The molecule has 0 spiro atoms. The minimum absolute atomic E-state index is 0.00715. The maximum atomic E-state index is 12.7. The molecular weight excluding hydrogens is 320 g/mol. The van der Waals surface area contributed by atoms with Crippen LogP contribution in [0.3, 0.4) is 0 Å². The van der Waals surface area contributed by atoms with Crippen LogP contribution in [0.5, 0.6) is 0 Å². The lowest BCUT2D eigenvalue weighted by Gasteiger charge is -2.23. The van der Waals surface area contributed by atoms with Crippen LogP contribution in [0.15, 0.2) is 53.7 Å². The van der Waals surface area contributed by atoms with Crippen LogP contribution in [0.2, 0.25) is 0 Å². The number of nitrogens with zero attached hydrogens (tertiary/aromatic N) is 1. The average molecular weight is 343 g/mol. The highest BCUT2D eigenvalue weighted by atomic mass is 19.3. The lowest BCUT2D eigenvalue weighted by atomic mass is 9.82. The highest BCUT2D eigenvalue weighted by Crippen LogP contribution is 2.33. The summed E-state index contributed by atoms with van der Waals surface area (Å²) in [6.45, 7) is 0.183. The first kappa shape index (κ1) is 17.6. The number of alkyl halides is 2. The van der Waals surface area contributed by atoms with E-state index < -0.39 is 6.43 Å². The standard InChI is InChI=1S/C21H23F2NO/c22-21(23)18-11-6-7-16(13-18)15-25-24-14-19-10-4-5-12-20(19)17-8-2-1-3-9-17/h4-7,10-14,17,21H,1-3,8-9,15H2. The highest BCUT2D eigenvalue weighted by molar-refractivity contribution is 5.81. The predicted octanol–water partition coefficient (Wildman–Crippen LogP) is 6.22. The fourth-order valence-electron chi connectivity index (χ4n) is 3.44. The zero-order valence-electron chi connectivity index (χ0n) is 14.2. The Labute approximate surface area is 147 Å². The molecule has 132 valence electrons. The third-order valence-electron chi connectivity index (χ3n) is 4.74. The van der Waals surface area contributed by atoms with E-state index in [1.165, 1.54) is 49.8 Å². The second-order valence-electron chi connectivity index (χ2n) is 6.52. The van der Waals surface area contributed by atoms with Gasteiger partial charge in [0.25, 0.3) is 6.43 Å². The van der Waals surface area contributed by atoms with Crippen LogP contribution in [0, 0.1) is 0 Å². The number of halogens is 2. The molecule has 1 fully saturated rings. The zero-order valence-corrected chi connectivity index (χ0v) is 14.2. The van der Waals surface area contributed by atoms with Crippen LogP contribution in [0.4, 0.5) is 8.78 Å².